The minimum atomic E-state index is 0.0246. The Bertz CT molecular complexity index is 346. The van der Waals surface area contributed by atoms with Gasteiger partial charge in [-0.25, -0.2) is 10.2 Å². The van der Waals surface area contributed by atoms with E-state index in [1.165, 1.54) is 12.8 Å². The number of tetrazole rings is 2. The fourth-order valence-electron chi connectivity index (χ4n) is 1.63. The van der Waals surface area contributed by atoms with Gasteiger partial charge >= 0.3 is 0 Å². The number of nitrogens with one attached hydrogen (secondary N) is 2. The predicted molar refractivity (Wildman–Crippen MR) is 54.3 cm³/mol. The molecule has 2 heterocycles. The topological polar surface area (TPSA) is 109 Å². The molecule has 0 fully saturated rings. The third-order valence-electron chi connectivity index (χ3n) is 2.48. The first-order valence-electron chi connectivity index (χ1n) is 5.39. The molecule has 86 valence electrons. The van der Waals surface area contributed by atoms with Crippen molar-refractivity contribution < 1.29 is 0 Å². The Kier molecular flexibility index (Phi) is 3.52. The molecule has 2 N–H and O–H groups in total. The molecule has 0 unspecified atom stereocenters. The van der Waals surface area contributed by atoms with Gasteiger partial charge in [0.05, 0.1) is 5.92 Å². The second kappa shape index (κ2) is 5.29. The SMILES string of the molecule is CCCCCC(c1nnn[nH]1)c1nnn[nH]1. The predicted octanol–water partition coefficient (Wildman–Crippen LogP) is 0.425. The van der Waals surface area contributed by atoms with E-state index in [1.807, 2.05) is 0 Å². The average molecular weight is 222 g/mol. The van der Waals surface area contributed by atoms with Gasteiger partial charge in [-0.1, -0.05) is 26.2 Å². The van der Waals surface area contributed by atoms with E-state index in [4.69, 9.17) is 0 Å². The van der Waals surface area contributed by atoms with Crippen LogP contribution in [0.25, 0.3) is 0 Å². The van der Waals surface area contributed by atoms with Gasteiger partial charge in [0.15, 0.2) is 11.6 Å². The van der Waals surface area contributed by atoms with Crippen molar-refractivity contribution in [1.29, 1.82) is 0 Å². The van der Waals surface area contributed by atoms with Gasteiger partial charge in [0.2, 0.25) is 0 Å². The van der Waals surface area contributed by atoms with Crippen LogP contribution in [0.3, 0.4) is 0 Å². The maximum atomic E-state index is 3.92. The third kappa shape index (κ3) is 2.38. The van der Waals surface area contributed by atoms with E-state index in [9.17, 15) is 0 Å². The van der Waals surface area contributed by atoms with Gasteiger partial charge in [0.1, 0.15) is 0 Å². The van der Waals surface area contributed by atoms with Gasteiger partial charge in [0, 0.05) is 0 Å². The molecule has 0 aromatic carbocycles. The molecule has 0 atom stereocenters. The molecule has 0 aliphatic heterocycles. The lowest BCUT2D eigenvalue weighted by atomic mass is 10.00. The van der Waals surface area contributed by atoms with E-state index < -0.39 is 0 Å². The highest BCUT2D eigenvalue weighted by molar-refractivity contribution is 5.05. The van der Waals surface area contributed by atoms with Gasteiger partial charge in [-0.15, -0.1) is 10.2 Å². The van der Waals surface area contributed by atoms with Crippen LogP contribution in [0, 0.1) is 0 Å². The normalized spacial score (nSPS) is 11.1. The molecular weight excluding hydrogens is 208 g/mol. The Morgan fingerprint density at radius 1 is 1.00 bits per heavy atom. The molecule has 0 aliphatic carbocycles. The lowest BCUT2D eigenvalue weighted by Gasteiger charge is -2.08. The van der Waals surface area contributed by atoms with Crippen LogP contribution in [0.15, 0.2) is 0 Å². The summed E-state index contributed by atoms with van der Waals surface area (Å²) in [5.74, 6) is 1.43. The Balaban J connectivity index is 2.08. The molecule has 8 heteroatoms. The average Bonchev–Trinajstić information content (AvgIpc) is 2.97. The van der Waals surface area contributed by atoms with Crippen molar-refractivity contribution in [1.82, 2.24) is 41.2 Å². The van der Waals surface area contributed by atoms with Crippen LogP contribution in [-0.4, -0.2) is 41.2 Å². The van der Waals surface area contributed by atoms with Crippen LogP contribution in [0.1, 0.15) is 50.2 Å². The summed E-state index contributed by atoms with van der Waals surface area (Å²) in [6.07, 6.45) is 4.39. The number of aromatic nitrogens is 8. The lowest BCUT2D eigenvalue weighted by molar-refractivity contribution is 0.577. The molecule has 0 aliphatic rings. The molecule has 2 rings (SSSR count). The molecule has 0 saturated carbocycles. The molecule has 2 aromatic rings. The maximum absolute atomic E-state index is 3.92. The Morgan fingerprint density at radius 2 is 1.62 bits per heavy atom. The van der Waals surface area contributed by atoms with Crippen molar-refractivity contribution in [3.05, 3.63) is 11.6 Å². The Hall–Kier alpha value is -1.86. The van der Waals surface area contributed by atoms with Crippen molar-refractivity contribution in [3.8, 4) is 0 Å². The van der Waals surface area contributed by atoms with Crippen molar-refractivity contribution in [2.24, 2.45) is 0 Å². The highest BCUT2D eigenvalue weighted by Gasteiger charge is 2.20. The molecule has 16 heavy (non-hydrogen) atoms. The number of rotatable bonds is 6. The molecule has 0 saturated heterocycles. The quantitative estimate of drug-likeness (QED) is 0.686. The van der Waals surface area contributed by atoms with Crippen molar-refractivity contribution in [2.45, 2.75) is 38.5 Å². The van der Waals surface area contributed by atoms with Gasteiger partial charge in [-0.2, -0.15) is 0 Å². The van der Waals surface area contributed by atoms with Crippen molar-refractivity contribution >= 4 is 0 Å². The number of aromatic amines is 2. The van der Waals surface area contributed by atoms with E-state index in [2.05, 4.69) is 48.2 Å². The highest BCUT2D eigenvalue weighted by Crippen LogP contribution is 2.23. The second-order valence-electron chi connectivity index (χ2n) is 3.62. The minimum Gasteiger partial charge on any atom is -0.242 e. The number of H-pyrrole nitrogens is 2. The van der Waals surface area contributed by atoms with Gasteiger partial charge in [-0.3, -0.25) is 0 Å². The Morgan fingerprint density at radius 3 is 2.06 bits per heavy atom. The summed E-state index contributed by atoms with van der Waals surface area (Å²) in [5, 5.41) is 27.7. The summed E-state index contributed by atoms with van der Waals surface area (Å²) in [5.41, 5.74) is 0. The molecule has 0 spiro atoms. The monoisotopic (exact) mass is 222 g/mol. The zero-order valence-corrected chi connectivity index (χ0v) is 9.09. The van der Waals surface area contributed by atoms with Crippen LogP contribution in [0.5, 0.6) is 0 Å². The molecular formula is C8H14N8. The zero-order valence-electron chi connectivity index (χ0n) is 9.09. The van der Waals surface area contributed by atoms with Crippen LogP contribution < -0.4 is 0 Å². The Labute approximate surface area is 92.2 Å². The summed E-state index contributed by atoms with van der Waals surface area (Å²) in [7, 11) is 0. The van der Waals surface area contributed by atoms with E-state index in [1.54, 1.807) is 0 Å². The van der Waals surface area contributed by atoms with Crippen LogP contribution in [0.2, 0.25) is 0 Å². The summed E-state index contributed by atoms with van der Waals surface area (Å²) >= 11 is 0. The lowest BCUT2D eigenvalue weighted by Crippen LogP contribution is -2.06. The summed E-state index contributed by atoms with van der Waals surface area (Å²) < 4.78 is 0. The minimum absolute atomic E-state index is 0.0246. The standard InChI is InChI=1S/C8H14N8/c1-2-3-4-5-6(7-9-13-14-10-7)8-11-15-16-12-8/h6H,2-5H2,1H3,(H,9,10,13,14)(H,11,12,15,16). The number of hydrogen-bond donors (Lipinski definition) is 2. The smallest absolute Gasteiger partial charge is 0.159 e. The van der Waals surface area contributed by atoms with E-state index >= 15 is 0 Å². The number of nitrogens with zero attached hydrogens (tertiary/aromatic N) is 6. The first-order valence-corrected chi connectivity index (χ1v) is 5.39. The van der Waals surface area contributed by atoms with Gasteiger partial charge < -0.3 is 0 Å². The molecule has 8 nitrogen and oxygen atoms in total. The van der Waals surface area contributed by atoms with E-state index in [-0.39, 0.29) is 5.92 Å². The highest BCUT2D eigenvalue weighted by atomic mass is 15.5. The largest absolute Gasteiger partial charge is 0.242 e. The first kappa shape index (κ1) is 10.7. The molecule has 0 amide bonds. The summed E-state index contributed by atoms with van der Waals surface area (Å²) in [4.78, 5) is 0. The van der Waals surface area contributed by atoms with Crippen LogP contribution in [-0.2, 0) is 0 Å². The van der Waals surface area contributed by atoms with Crippen molar-refractivity contribution in [3.63, 3.8) is 0 Å². The van der Waals surface area contributed by atoms with Gasteiger partial charge in [-0.05, 0) is 27.3 Å². The van der Waals surface area contributed by atoms with Crippen LogP contribution >= 0.6 is 0 Å². The maximum Gasteiger partial charge on any atom is 0.159 e. The number of unbranched alkanes of at least 4 members (excludes halogenated alkanes) is 2. The van der Waals surface area contributed by atoms with Crippen LogP contribution in [0.4, 0.5) is 0 Å². The van der Waals surface area contributed by atoms with Gasteiger partial charge in [0.25, 0.3) is 0 Å². The van der Waals surface area contributed by atoms with E-state index in [0.717, 1.165) is 12.8 Å². The van der Waals surface area contributed by atoms with Crippen molar-refractivity contribution in [2.75, 3.05) is 0 Å². The fraction of sp³-hybridized carbons (Fsp3) is 0.750. The molecule has 0 bridgehead atoms. The second-order valence-corrected chi connectivity index (χ2v) is 3.62. The van der Waals surface area contributed by atoms with E-state index in [0.29, 0.717) is 11.6 Å². The molecule has 0 radical (unpaired) electrons. The fourth-order valence-corrected chi connectivity index (χ4v) is 1.63. The zero-order chi connectivity index (χ0) is 11.2. The first-order chi connectivity index (χ1) is 7.92. The third-order valence-corrected chi connectivity index (χ3v) is 2.48. The molecule has 2 aromatic heterocycles. The number of hydrogen-bond acceptors (Lipinski definition) is 6. The summed E-state index contributed by atoms with van der Waals surface area (Å²) in [6, 6.07) is 0. The summed E-state index contributed by atoms with van der Waals surface area (Å²) in [6.45, 7) is 2.17.